The molecule has 5 heteroatoms. The van der Waals surface area contributed by atoms with E-state index in [1.807, 2.05) is 39.0 Å². The lowest BCUT2D eigenvalue weighted by atomic mass is 9.94. The molecule has 1 rings (SSSR count). The predicted molar refractivity (Wildman–Crippen MR) is 81.9 cm³/mol. The summed E-state index contributed by atoms with van der Waals surface area (Å²) in [6, 6.07) is 7.25. The van der Waals surface area contributed by atoms with Crippen LogP contribution in [-0.4, -0.2) is 23.8 Å². The number of carbonyl (C=O) groups is 1. The molecule has 0 bridgehead atoms. The topological polar surface area (TPSA) is 61.4 Å². The van der Waals surface area contributed by atoms with Crippen LogP contribution in [0, 0.1) is 0 Å². The van der Waals surface area contributed by atoms with Crippen molar-refractivity contribution >= 4 is 17.6 Å². The molecule has 1 aromatic rings. The average Bonchev–Trinajstić information content (AvgIpc) is 2.35. The van der Waals surface area contributed by atoms with Crippen molar-refractivity contribution in [3.05, 3.63) is 34.9 Å². The summed E-state index contributed by atoms with van der Waals surface area (Å²) in [5.41, 5.74) is 0.439. The van der Waals surface area contributed by atoms with Gasteiger partial charge in [0.25, 0.3) is 0 Å². The fourth-order valence-electron chi connectivity index (χ4n) is 1.96. The summed E-state index contributed by atoms with van der Waals surface area (Å²) in [7, 11) is 0. The first-order chi connectivity index (χ1) is 9.35. The van der Waals surface area contributed by atoms with Gasteiger partial charge in [-0.05, 0) is 51.3 Å². The third-order valence-electron chi connectivity index (χ3n) is 3.15. The number of halogens is 1. The minimum atomic E-state index is -0.508. The Labute approximate surface area is 125 Å². The number of hydrogen-bond donors (Lipinski definition) is 3. The van der Waals surface area contributed by atoms with E-state index in [4.69, 9.17) is 16.7 Å². The van der Waals surface area contributed by atoms with Gasteiger partial charge in [-0.3, -0.25) is 0 Å². The second kappa shape index (κ2) is 7.50. The lowest BCUT2D eigenvalue weighted by Crippen LogP contribution is -2.48. The molecule has 2 amide bonds. The highest BCUT2D eigenvalue weighted by atomic mass is 35.5. The van der Waals surface area contributed by atoms with Crippen molar-refractivity contribution in [2.45, 2.75) is 45.2 Å². The highest BCUT2D eigenvalue weighted by Crippen LogP contribution is 2.22. The highest BCUT2D eigenvalue weighted by molar-refractivity contribution is 6.30. The molecule has 0 saturated heterocycles. The third-order valence-corrected chi connectivity index (χ3v) is 3.38. The molecule has 4 nitrogen and oxygen atoms in total. The lowest BCUT2D eigenvalue weighted by Gasteiger charge is -2.28. The van der Waals surface area contributed by atoms with Gasteiger partial charge in [0.1, 0.15) is 0 Å². The molecule has 0 fully saturated rings. The number of aliphatic hydroxyl groups excluding tert-OH is 1. The summed E-state index contributed by atoms with van der Waals surface area (Å²) in [4.78, 5) is 12.0. The van der Waals surface area contributed by atoms with E-state index < -0.39 is 5.54 Å². The van der Waals surface area contributed by atoms with Crippen LogP contribution in [-0.2, 0) is 5.54 Å². The van der Waals surface area contributed by atoms with Crippen LogP contribution in [0.4, 0.5) is 4.79 Å². The van der Waals surface area contributed by atoms with Gasteiger partial charge in [0.05, 0.1) is 5.54 Å². The largest absolute Gasteiger partial charge is 0.396 e. The molecule has 0 aromatic heterocycles. The van der Waals surface area contributed by atoms with Crippen LogP contribution < -0.4 is 10.6 Å². The van der Waals surface area contributed by atoms with Crippen molar-refractivity contribution in [3.63, 3.8) is 0 Å². The first-order valence-electron chi connectivity index (χ1n) is 6.80. The van der Waals surface area contributed by atoms with Crippen molar-refractivity contribution in [2.75, 3.05) is 6.61 Å². The lowest BCUT2D eigenvalue weighted by molar-refractivity contribution is 0.224. The summed E-state index contributed by atoms with van der Waals surface area (Å²) in [5.74, 6) is 0. The van der Waals surface area contributed by atoms with Crippen molar-refractivity contribution < 1.29 is 9.90 Å². The fourth-order valence-corrected chi connectivity index (χ4v) is 2.15. The van der Waals surface area contributed by atoms with Gasteiger partial charge in [-0.25, -0.2) is 4.79 Å². The van der Waals surface area contributed by atoms with Crippen LogP contribution >= 0.6 is 11.6 Å². The van der Waals surface area contributed by atoms with Gasteiger partial charge in [0, 0.05) is 17.7 Å². The maximum absolute atomic E-state index is 12.0. The van der Waals surface area contributed by atoms with Gasteiger partial charge < -0.3 is 15.7 Å². The zero-order valence-corrected chi connectivity index (χ0v) is 13.0. The quantitative estimate of drug-likeness (QED) is 0.756. The molecule has 0 saturated carbocycles. The summed E-state index contributed by atoms with van der Waals surface area (Å²) < 4.78 is 0. The molecule has 112 valence electrons. The number of rotatable bonds is 6. The van der Waals surface area contributed by atoms with Gasteiger partial charge in [0.15, 0.2) is 0 Å². The van der Waals surface area contributed by atoms with Gasteiger partial charge in [-0.1, -0.05) is 23.7 Å². The zero-order chi connectivity index (χ0) is 15.2. The average molecular weight is 299 g/mol. The molecule has 1 aromatic carbocycles. The number of nitrogens with one attached hydrogen (secondary N) is 2. The Hall–Kier alpha value is -1.26. The van der Waals surface area contributed by atoms with Crippen LogP contribution in [0.25, 0.3) is 0 Å². The van der Waals surface area contributed by atoms with E-state index >= 15 is 0 Å². The van der Waals surface area contributed by atoms with Gasteiger partial charge >= 0.3 is 6.03 Å². The van der Waals surface area contributed by atoms with E-state index in [-0.39, 0.29) is 18.7 Å². The van der Waals surface area contributed by atoms with Crippen LogP contribution in [0.2, 0.25) is 5.02 Å². The number of urea groups is 1. The number of carbonyl (C=O) groups excluding carboxylic acids is 1. The monoisotopic (exact) mass is 298 g/mol. The Kier molecular flexibility index (Phi) is 6.30. The van der Waals surface area contributed by atoms with E-state index in [9.17, 15) is 4.79 Å². The molecule has 0 heterocycles. The Morgan fingerprint density at radius 3 is 2.75 bits per heavy atom. The molecule has 0 radical (unpaired) electrons. The summed E-state index contributed by atoms with van der Waals surface area (Å²) in [6.07, 6.45) is 1.43. The molecular formula is C15H23ClN2O2. The van der Waals surface area contributed by atoms with E-state index in [1.165, 1.54) is 0 Å². The number of aliphatic hydroxyl groups is 1. The van der Waals surface area contributed by atoms with Crippen LogP contribution in [0.5, 0.6) is 0 Å². The highest BCUT2D eigenvalue weighted by Gasteiger charge is 2.23. The van der Waals surface area contributed by atoms with Crippen molar-refractivity contribution in [1.29, 1.82) is 0 Å². The number of amides is 2. The fraction of sp³-hybridized carbons (Fsp3) is 0.533. The van der Waals surface area contributed by atoms with E-state index in [2.05, 4.69) is 10.6 Å². The molecule has 0 aliphatic heterocycles. The van der Waals surface area contributed by atoms with Gasteiger partial charge in [0.2, 0.25) is 0 Å². The van der Waals surface area contributed by atoms with Crippen molar-refractivity contribution in [3.8, 4) is 0 Å². The smallest absolute Gasteiger partial charge is 0.315 e. The molecule has 0 spiro atoms. The van der Waals surface area contributed by atoms with Crippen molar-refractivity contribution in [2.24, 2.45) is 0 Å². The first-order valence-corrected chi connectivity index (χ1v) is 7.18. The second-order valence-corrected chi connectivity index (χ2v) is 5.94. The van der Waals surface area contributed by atoms with Gasteiger partial charge in [-0.15, -0.1) is 0 Å². The molecule has 0 aliphatic carbocycles. The molecular weight excluding hydrogens is 276 g/mol. The maximum atomic E-state index is 12.0. The van der Waals surface area contributed by atoms with Crippen molar-refractivity contribution in [1.82, 2.24) is 10.6 Å². The summed E-state index contributed by atoms with van der Waals surface area (Å²) in [6.45, 7) is 5.91. The van der Waals surface area contributed by atoms with Crippen LogP contribution in [0.15, 0.2) is 24.3 Å². The zero-order valence-electron chi connectivity index (χ0n) is 12.2. The molecule has 20 heavy (non-hydrogen) atoms. The second-order valence-electron chi connectivity index (χ2n) is 5.50. The molecule has 1 unspecified atom stereocenters. The maximum Gasteiger partial charge on any atom is 0.315 e. The summed E-state index contributed by atoms with van der Waals surface area (Å²) >= 11 is 5.98. The Morgan fingerprint density at radius 1 is 1.45 bits per heavy atom. The Morgan fingerprint density at radius 2 is 2.15 bits per heavy atom. The van der Waals surface area contributed by atoms with E-state index in [1.54, 1.807) is 6.07 Å². The first kappa shape index (κ1) is 16.8. The number of hydrogen-bond acceptors (Lipinski definition) is 2. The van der Waals surface area contributed by atoms with E-state index in [0.717, 1.165) is 12.0 Å². The molecule has 0 aliphatic rings. The van der Waals surface area contributed by atoms with Crippen LogP contribution in [0.1, 0.15) is 39.2 Å². The van der Waals surface area contributed by atoms with E-state index in [0.29, 0.717) is 11.4 Å². The standard InChI is InChI=1S/C15H23ClN2O2/c1-11(6-5-9-19)17-14(20)18-15(2,3)12-7-4-8-13(16)10-12/h4,7-8,10-11,19H,5-6,9H2,1-3H3,(H2,17,18,20). The summed E-state index contributed by atoms with van der Waals surface area (Å²) in [5, 5.41) is 15.2. The molecule has 3 N–H and O–H groups in total. The minimum Gasteiger partial charge on any atom is -0.396 e. The predicted octanol–water partition coefficient (Wildman–Crippen LogP) is 3.04. The van der Waals surface area contributed by atoms with Gasteiger partial charge in [-0.2, -0.15) is 0 Å². The Bertz CT molecular complexity index is 449. The minimum absolute atomic E-state index is 0.0253. The molecule has 1 atom stereocenters. The SMILES string of the molecule is CC(CCCO)NC(=O)NC(C)(C)c1cccc(Cl)c1. The normalized spacial score (nSPS) is 12.8. The van der Waals surface area contributed by atoms with Crippen LogP contribution in [0.3, 0.4) is 0 Å². The third kappa shape index (κ3) is 5.39. The Balaban J connectivity index is 2.59. The number of benzene rings is 1.